The molecule has 0 aromatic carbocycles. The molecule has 0 unspecified atom stereocenters. The molecule has 0 atom stereocenters. The van der Waals surface area contributed by atoms with Gasteiger partial charge >= 0.3 is 0 Å². The fourth-order valence-corrected chi connectivity index (χ4v) is 3.97. The van der Waals surface area contributed by atoms with Gasteiger partial charge in [0.1, 0.15) is 0 Å². The van der Waals surface area contributed by atoms with E-state index in [-0.39, 0.29) is 11.3 Å². The van der Waals surface area contributed by atoms with Gasteiger partial charge in [-0.1, -0.05) is 19.3 Å². The van der Waals surface area contributed by atoms with Gasteiger partial charge in [-0.25, -0.2) is 0 Å². The predicted molar refractivity (Wildman–Crippen MR) is 70.3 cm³/mol. The molecule has 3 aliphatic rings. The molecule has 2 N–H and O–H groups in total. The van der Waals surface area contributed by atoms with Crippen LogP contribution in [0.25, 0.3) is 0 Å². The summed E-state index contributed by atoms with van der Waals surface area (Å²) in [6.07, 6.45) is 8.63. The summed E-state index contributed by atoms with van der Waals surface area (Å²) in [5, 5.41) is 0. The Labute approximate surface area is 110 Å². The average molecular weight is 254 g/mol. The summed E-state index contributed by atoms with van der Waals surface area (Å²) < 4.78 is 11.6. The van der Waals surface area contributed by atoms with Gasteiger partial charge in [-0.3, -0.25) is 4.90 Å². The van der Waals surface area contributed by atoms with Crippen LogP contribution in [0.1, 0.15) is 44.9 Å². The molecule has 0 radical (unpaired) electrons. The Bertz CT molecular complexity index is 274. The zero-order valence-electron chi connectivity index (χ0n) is 11.3. The average Bonchev–Trinajstić information content (AvgIpc) is 2.89. The molecule has 104 valence electrons. The Morgan fingerprint density at radius 3 is 2.06 bits per heavy atom. The zero-order chi connectivity index (χ0) is 12.5. The third kappa shape index (κ3) is 2.20. The fraction of sp³-hybridized carbons (Fsp3) is 1.00. The summed E-state index contributed by atoms with van der Waals surface area (Å²) >= 11 is 0. The first-order chi connectivity index (χ1) is 8.79. The van der Waals surface area contributed by atoms with Crippen molar-refractivity contribution in [1.29, 1.82) is 0 Å². The van der Waals surface area contributed by atoms with E-state index in [1.54, 1.807) is 0 Å². The first-order valence-corrected chi connectivity index (χ1v) is 7.52. The van der Waals surface area contributed by atoms with Crippen LogP contribution in [-0.2, 0) is 9.47 Å². The molecule has 3 rings (SSSR count). The molecular formula is C14H26N2O2. The molecule has 0 aromatic rings. The van der Waals surface area contributed by atoms with Crippen LogP contribution >= 0.6 is 0 Å². The van der Waals surface area contributed by atoms with Gasteiger partial charge in [0.05, 0.1) is 13.2 Å². The van der Waals surface area contributed by atoms with E-state index in [0.29, 0.717) is 0 Å². The monoisotopic (exact) mass is 254 g/mol. The van der Waals surface area contributed by atoms with Gasteiger partial charge in [-0.05, 0) is 12.8 Å². The minimum Gasteiger partial charge on any atom is -0.347 e. The Kier molecular flexibility index (Phi) is 3.63. The Morgan fingerprint density at radius 2 is 1.50 bits per heavy atom. The molecule has 0 amide bonds. The number of rotatable bonds is 2. The van der Waals surface area contributed by atoms with E-state index in [9.17, 15) is 0 Å². The van der Waals surface area contributed by atoms with Gasteiger partial charge in [0, 0.05) is 38.0 Å². The summed E-state index contributed by atoms with van der Waals surface area (Å²) in [5.41, 5.74) is 6.39. The number of piperidine rings is 1. The molecule has 2 heterocycles. The van der Waals surface area contributed by atoms with E-state index in [2.05, 4.69) is 4.90 Å². The van der Waals surface area contributed by atoms with Gasteiger partial charge in [-0.15, -0.1) is 0 Å². The lowest BCUT2D eigenvalue weighted by Crippen LogP contribution is -2.59. The molecule has 2 saturated heterocycles. The van der Waals surface area contributed by atoms with E-state index in [4.69, 9.17) is 15.2 Å². The van der Waals surface area contributed by atoms with E-state index in [1.165, 1.54) is 32.1 Å². The fourth-order valence-electron chi connectivity index (χ4n) is 3.97. The first kappa shape index (κ1) is 12.9. The number of ether oxygens (including phenoxy) is 2. The smallest absolute Gasteiger partial charge is 0.170 e. The van der Waals surface area contributed by atoms with Gasteiger partial charge < -0.3 is 15.2 Å². The van der Waals surface area contributed by atoms with Crippen molar-refractivity contribution in [2.24, 2.45) is 5.73 Å². The quantitative estimate of drug-likeness (QED) is 0.811. The molecule has 4 heteroatoms. The topological polar surface area (TPSA) is 47.7 Å². The van der Waals surface area contributed by atoms with Gasteiger partial charge in [0.2, 0.25) is 0 Å². The number of nitrogens with zero attached hydrogens (tertiary/aromatic N) is 1. The van der Waals surface area contributed by atoms with E-state index in [0.717, 1.165) is 45.7 Å². The lowest BCUT2D eigenvalue weighted by atomic mass is 9.79. The number of hydrogen-bond acceptors (Lipinski definition) is 4. The van der Waals surface area contributed by atoms with Crippen LogP contribution < -0.4 is 5.73 Å². The highest BCUT2D eigenvalue weighted by Gasteiger charge is 2.45. The second-order valence-electron chi connectivity index (χ2n) is 6.08. The maximum Gasteiger partial charge on any atom is 0.170 e. The lowest BCUT2D eigenvalue weighted by molar-refractivity contribution is -0.193. The highest BCUT2D eigenvalue weighted by atomic mass is 16.7. The van der Waals surface area contributed by atoms with E-state index < -0.39 is 0 Å². The third-order valence-corrected chi connectivity index (χ3v) is 5.17. The third-order valence-electron chi connectivity index (χ3n) is 5.17. The maximum atomic E-state index is 6.11. The molecule has 2 aliphatic heterocycles. The van der Waals surface area contributed by atoms with Gasteiger partial charge in [0.15, 0.2) is 5.79 Å². The SMILES string of the molecule is NCC1(N2CCC3(CC2)OCCO3)CCCCC1. The summed E-state index contributed by atoms with van der Waals surface area (Å²) in [6, 6.07) is 0. The summed E-state index contributed by atoms with van der Waals surface area (Å²) in [7, 11) is 0. The summed E-state index contributed by atoms with van der Waals surface area (Å²) in [4.78, 5) is 2.63. The Hall–Kier alpha value is -0.160. The van der Waals surface area contributed by atoms with Gasteiger partial charge in [-0.2, -0.15) is 0 Å². The highest BCUT2D eigenvalue weighted by molar-refractivity contribution is 4.97. The molecule has 1 aliphatic carbocycles. The maximum absolute atomic E-state index is 6.11. The van der Waals surface area contributed by atoms with Crippen molar-refractivity contribution < 1.29 is 9.47 Å². The molecule has 4 nitrogen and oxygen atoms in total. The largest absolute Gasteiger partial charge is 0.347 e. The molecule has 1 spiro atoms. The highest BCUT2D eigenvalue weighted by Crippen LogP contribution is 2.38. The van der Waals surface area contributed by atoms with Crippen molar-refractivity contribution >= 4 is 0 Å². The number of nitrogens with two attached hydrogens (primary N) is 1. The standard InChI is InChI=1S/C14H26N2O2/c15-12-13(4-2-1-3-5-13)16-8-6-14(7-9-16)17-10-11-18-14/h1-12,15H2. The van der Waals surface area contributed by atoms with E-state index in [1.807, 2.05) is 0 Å². The van der Waals surface area contributed by atoms with Crippen molar-refractivity contribution in [2.45, 2.75) is 56.3 Å². The van der Waals surface area contributed by atoms with Crippen LogP contribution in [0.2, 0.25) is 0 Å². The van der Waals surface area contributed by atoms with Crippen molar-refractivity contribution in [3.8, 4) is 0 Å². The Morgan fingerprint density at radius 1 is 0.889 bits per heavy atom. The van der Waals surface area contributed by atoms with Crippen molar-refractivity contribution in [3.63, 3.8) is 0 Å². The van der Waals surface area contributed by atoms with Crippen LogP contribution in [0, 0.1) is 0 Å². The number of likely N-dealkylation sites (tertiary alicyclic amines) is 1. The lowest BCUT2D eigenvalue weighted by Gasteiger charge is -2.50. The van der Waals surface area contributed by atoms with Crippen LogP contribution in [0.5, 0.6) is 0 Å². The first-order valence-electron chi connectivity index (χ1n) is 7.52. The molecular weight excluding hydrogens is 228 g/mol. The minimum absolute atomic E-state index is 0.249. The number of hydrogen-bond donors (Lipinski definition) is 1. The zero-order valence-corrected chi connectivity index (χ0v) is 11.3. The second kappa shape index (κ2) is 5.08. The Balaban J connectivity index is 1.63. The van der Waals surface area contributed by atoms with Crippen LogP contribution in [0.3, 0.4) is 0 Å². The van der Waals surface area contributed by atoms with Crippen LogP contribution in [-0.4, -0.2) is 49.1 Å². The molecule has 0 bridgehead atoms. The van der Waals surface area contributed by atoms with Crippen LogP contribution in [0.4, 0.5) is 0 Å². The summed E-state index contributed by atoms with van der Waals surface area (Å²) in [6.45, 7) is 4.50. The minimum atomic E-state index is -0.249. The normalized spacial score (nSPS) is 31.8. The van der Waals surface area contributed by atoms with Crippen LogP contribution in [0.15, 0.2) is 0 Å². The van der Waals surface area contributed by atoms with Crippen molar-refractivity contribution in [2.75, 3.05) is 32.8 Å². The van der Waals surface area contributed by atoms with Crippen molar-refractivity contribution in [1.82, 2.24) is 4.90 Å². The molecule has 18 heavy (non-hydrogen) atoms. The van der Waals surface area contributed by atoms with E-state index >= 15 is 0 Å². The molecule has 3 fully saturated rings. The predicted octanol–water partition coefficient (Wildman–Crippen LogP) is 1.49. The second-order valence-corrected chi connectivity index (χ2v) is 6.08. The molecule has 1 saturated carbocycles. The van der Waals surface area contributed by atoms with Crippen molar-refractivity contribution in [3.05, 3.63) is 0 Å². The van der Waals surface area contributed by atoms with Gasteiger partial charge in [0.25, 0.3) is 0 Å². The molecule has 0 aromatic heterocycles. The summed E-state index contributed by atoms with van der Waals surface area (Å²) in [5.74, 6) is -0.249.